The molecule has 0 radical (unpaired) electrons. The molecular formula is C27H33N3O3. The Labute approximate surface area is 194 Å². The molecule has 6 nitrogen and oxygen atoms in total. The van der Waals surface area contributed by atoms with Crippen molar-refractivity contribution in [3.63, 3.8) is 0 Å². The second kappa shape index (κ2) is 8.30. The number of carbonyl (C=O) groups excluding carboxylic acids is 1. The highest BCUT2D eigenvalue weighted by molar-refractivity contribution is 5.89. The van der Waals surface area contributed by atoms with Crippen molar-refractivity contribution in [1.82, 2.24) is 14.5 Å². The number of piperidine rings is 2. The lowest BCUT2D eigenvalue weighted by Crippen LogP contribution is -2.51. The Morgan fingerprint density at radius 3 is 2.42 bits per heavy atom. The number of carbonyl (C=O) groups is 1. The van der Waals surface area contributed by atoms with E-state index in [1.54, 1.807) is 12.5 Å². The summed E-state index contributed by atoms with van der Waals surface area (Å²) in [5, 5.41) is 0. The molecule has 2 saturated carbocycles. The average molecular weight is 448 g/mol. The van der Waals surface area contributed by atoms with Gasteiger partial charge in [0, 0.05) is 18.1 Å². The summed E-state index contributed by atoms with van der Waals surface area (Å²) in [6.07, 6.45) is 13.5. The Balaban J connectivity index is 1.36. The van der Waals surface area contributed by atoms with Gasteiger partial charge in [0.25, 0.3) is 5.56 Å². The number of aromatic nitrogens is 2. The molecule has 2 aliphatic carbocycles. The highest BCUT2D eigenvalue weighted by Crippen LogP contribution is 2.51. The van der Waals surface area contributed by atoms with Crippen molar-refractivity contribution in [2.24, 2.45) is 11.8 Å². The van der Waals surface area contributed by atoms with Crippen LogP contribution in [-0.4, -0.2) is 39.1 Å². The average Bonchev–Trinajstić information content (AvgIpc) is 2.82. The standard InChI is InChI=1S/C27H33N3O3/c1-2-33-27(32)25-26(31)30(24-12-4-3-11-23(24)28-25)21-14-19-9-6-10-20(15-21)29(19)16-22-17-7-5-8-18(22)13-17/h3-4,11-12,16-21H,2,5-10,13-15H2,1H3/t17?,18?,19-,20+,21?. The Hall–Kier alpha value is -2.63. The maximum Gasteiger partial charge on any atom is 0.362 e. The van der Waals surface area contributed by atoms with Gasteiger partial charge in [0.2, 0.25) is 5.69 Å². The summed E-state index contributed by atoms with van der Waals surface area (Å²) >= 11 is 0. The van der Waals surface area contributed by atoms with E-state index in [-0.39, 0.29) is 23.9 Å². The lowest BCUT2D eigenvalue weighted by Gasteiger charge is -2.52. The number of rotatable bonds is 4. The molecule has 1 aromatic carbocycles. The molecule has 5 atom stereocenters. The van der Waals surface area contributed by atoms with Gasteiger partial charge in [0.1, 0.15) is 0 Å². The minimum atomic E-state index is -0.624. The molecule has 4 aliphatic rings. The Kier molecular flexibility index (Phi) is 5.27. The highest BCUT2D eigenvalue weighted by Gasteiger charge is 2.42. The zero-order valence-corrected chi connectivity index (χ0v) is 19.4. The zero-order valence-electron chi connectivity index (χ0n) is 19.4. The highest BCUT2D eigenvalue weighted by atomic mass is 16.5. The number of allylic oxidation sites excluding steroid dienone is 1. The summed E-state index contributed by atoms with van der Waals surface area (Å²) in [5.41, 5.74) is 2.80. The van der Waals surface area contributed by atoms with Crippen LogP contribution in [0.4, 0.5) is 0 Å². The molecule has 2 aliphatic heterocycles. The maximum absolute atomic E-state index is 13.5. The number of benzene rings is 1. The lowest BCUT2D eigenvalue weighted by molar-refractivity contribution is 0.0499. The molecular weight excluding hydrogens is 414 g/mol. The molecule has 6 rings (SSSR count). The molecule has 33 heavy (non-hydrogen) atoms. The minimum absolute atomic E-state index is 0.0735. The number of hydrogen-bond acceptors (Lipinski definition) is 5. The second-order valence-corrected chi connectivity index (χ2v) is 10.3. The molecule has 2 saturated heterocycles. The quantitative estimate of drug-likeness (QED) is 0.628. The number of ether oxygens (including phenoxy) is 1. The first kappa shape index (κ1) is 20.9. The number of para-hydroxylation sites is 2. The molecule has 0 spiro atoms. The predicted molar refractivity (Wildman–Crippen MR) is 127 cm³/mol. The van der Waals surface area contributed by atoms with Crippen LogP contribution in [0.3, 0.4) is 0 Å². The molecule has 3 heterocycles. The Morgan fingerprint density at radius 2 is 1.73 bits per heavy atom. The van der Waals surface area contributed by atoms with Gasteiger partial charge < -0.3 is 14.2 Å². The van der Waals surface area contributed by atoms with Crippen LogP contribution in [0.1, 0.15) is 81.2 Å². The molecule has 0 amide bonds. The van der Waals surface area contributed by atoms with Crippen LogP contribution in [0, 0.1) is 11.8 Å². The SMILES string of the molecule is CCOC(=O)c1nc2ccccc2n(C2C[C@H]3CCC[C@@H](C2)N3C=C2C3CCCC2C3)c1=O. The summed E-state index contributed by atoms with van der Waals surface area (Å²) in [6.45, 7) is 1.98. The molecule has 4 fully saturated rings. The third kappa shape index (κ3) is 3.49. The van der Waals surface area contributed by atoms with E-state index in [0.717, 1.165) is 30.2 Å². The largest absolute Gasteiger partial charge is 0.461 e. The summed E-state index contributed by atoms with van der Waals surface area (Å²) in [6, 6.07) is 8.67. The fourth-order valence-electron chi connectivity index (χ4n) is 7.01. The Bertz CT molecular complexity index is 1140. The van der Waals surface area contributed by atoms with Crippen LogP contribution in [0.15, 0.2) is 40.8 Å². The second-order valence-electron chi connectivity index (χ2n) is 10.3. The molecule has 174 valence electrons. The monoisotopic (exact) mass is 447 g/mol. The van der Waals surface area contributed by atoms with Crippen LogP contribution in [0.2, 0.25) is 0 Å². The van der Waals surface area contributed by atoms with E-state index in [2.05, 4.69) is 16.1 Å². The third-order valence-electron chi connectivity index (χ3n) is 8.55. The van der Waals surface area contributed by atoms with Gasteiger partial charge in [-0.3, -0.25) is 4.79 Å². The van der Waals surface area contributed by atoms with Gasteiger partial charge in [-0.1, -0.05) is 18.6 Å². The van der Waals surface area contributed by atoms with Gasteiger partial charge in [0.15, 0.2) is 0 Å². The number of esters is 1. The van der Waals surface area contributed by atoms with Crippen LogP contribution in [0.5, 0.6) is 0 Å². The van der Waals surface area contributed by atoms with Crippen LogP contribution >= 0.6 is 0 Å². The van der Waals surface area contributed by atoms with Crippen molar-refractivity contribution in [3.8, 4) is 0 Å². The van der Waals surface area contributed by atoms with Crippen LogP contribution in [0.25, 0.3) is 11.0 Å². The maximum atomic E-state index is 13.5. The lowest BCUT2D eigenvalue weighted by atomic mass is 9.61. The predicted octanol–water partition coefficient (Wildman–Crippen LogP) is 4.84. The van der Waals surface area contributed by atoms with Crippen molar-refractivity contribution in [3.05, 3.63) is 52.1 Å². The van der Waals surface area contributed by atoms with E-state index in [4.69, 9.17) is 4.74 Å². The van der Waals surface area contributed by atoms with E-state index in [9.17, 15) is 9.59 Å². The molecule has 6 heteroatoms. The number of hydrogen-bond donors (Lipinski definition) is 0. The molecule has 0 N–H and O–H groups in total. The smallest absolute Gasteiger partial charge is 0.362 e. The van der Waals surface area contributed by atoms with E-state index in [1.807, 2.05) is 28.8 Å². The van der Waals surface area contributed by atoms with Gasteiger partial charge >= 0.3 is 5.97 Å². The van der Waals surface area contributed by atoms with Gasteiger partial charge in [-0.25, -0.2) is 9.78 Å². The summed E-state index contributed by atoms with van der Waals surface area (Å²) < 4.78 is 7.02. The fourth-order valence-corrected chi connectivity index (χ4v) is 7.01. The number of nitrogens with zero attached hydrogens (tertiary/aromatic N) is 3. The van der Waals surface area contributed by atoms with Gasteiger partial charge in [0.05, 0.1) is 17.6 Å². The first-order chi connectivity index (χ1) is 16.1. The zero-order chi connectivity index (χ0) is 22.5. The van der Waals surface area contributed by atoms with Gasteiger partial charge in [-0.2, -0.15) is 0 Å². The molecule has 1 aromatic heterocycles. The first-order valence-electron chi connectivity index (χ1n) is 12.8. The van der Waals surface area contributed by atoms with E-state index in [1.165, 1.54) is 44.9 Å². The van der Waals surface area contributed by atoms with Crippen LogP contribution in [-0.2, 0) is 4.74 Å². The van der Waals surface area contributed by atoms with Crippen molar-refractivity contribution in [2.45, 2.75) is 82.8 Å². The van der Waals surface area contributed by atoms with E-state index < -0.39 is 5.97 Å². The molecule has 4 bridgehead atoms. The van der Waals surface area contributed by atoms with Gasteiger partial charge in [-0.15, -0.1) is 0 Å². The van der Waals surface area contributed by atoms with E-state index in [0.29, 0.717) is 17.6 Å². The van der Waals surface area contributed by atoms with Crippen molar-refractivity contribution < 1.29 is 9.53 Å². The van der Waals surface area contributed by atoms with Gasteiger partial charge in [-0.05, 0) is 94.0 Å². The molecule has 3 unspecified atom stereocenters. The normalized spacial score (nSPS) is 30.6. The van der Waals surface area contributed by atoms with Crippen LogP contribution < -0.4 is 5.56 Å². The topological polar surface area (TPSA) is 64.4 Å². The minimum Gasteiger partial charge on any atom is -0.461 e. The number of fused-ring (bicyclic) bond motifs is 5. The van der Waals surface area contributed by atoms with E-state index >= 15 is 0 Å². The van der Waals surface area contributed by atoms with Crippen molar-refractivity contribution in [2.75, 3.05) is 6.61 Å². The first-order valence-corrected chi connectivity index (χ1v) is 12.8. The summed E-state index contributed by atoms with van der Waals surface area (Å²) in [7, 11) is 0. The summed E-state index contributed by atoms with van der Waals surface area (Å²) in [4.78, 5) is 33.1. The Morgan fingerprint density at radius 1 is 1.03 bits per heavy atom. The molecule has 2 aromatic rings. The third-order valence-corrected chi connectivity index (χ3v) is 8.55. The fraction of sp³-hybridized carbons (Fsp3) is 0.593. The van der Waals surface area contributed by atoms with Crippen molar-refractivity contribution >= 4 is 17.0 Å². The summed E-state index contributed by atoms with van der Waals surface area (Å²) in [5.74, 6) is 1.02. The van der Waals surface area contributed by atoms with Crippen molar-refractivity contribution in [1.29, 1.82) is 0 Å².